The van der Waals surface area contributed by atoms with Gasteiger partial charge in [0.1, 0.15) is 6.04 Å². The van der Waals surface area contributed by atoms with E-state index in [0.29, 0.717) is 6.54 Å². The van der Waals surface area contributed by atoms with E-state index in [1.54, 1.807) is 7.05 Å². The molecule has 0 bridgehead atoms. The van der Waals surface area contributed by atoms with Crippen molar-refractivity contribution in [2.24, 2.45) is 0 Å². The van der Waals surface area contributed by atoms with E-state index < -0.39 is 12.0 Å². The predicted octanol–water partition coefficient (Wildman–Crippen LogP) is 0.800. The van der Waals surface area contributed by atoms with Gasteiger partial charge in [-0.2, -0.15) is 0 Å². The van der Waals surface area contributed by atoms with Crippen LogP contribution in [0.15, 0.2) is 24.3 Å². The molecule has 4 heteroatoms. The van der Waals surface area contributed by atoms with Crippen LogP contribution in [0.2, 0.25) is 0 Å². The van der Waals surface area contributed by atoms with Gasteiger partial charge in [-0.3, -0.25) is 4.79 Å². The first-order valence-electron chi connectivity index (χ1n) is 5.80. The summed E-state index contributed by atoms with van der Waals surface area (Å²) in [6.07, 6.45) is 0.914. The maximum atomic E-state index is 10.7. The second-order valence-electron chi connectivity index (χ2n) is 4.12. The molecule has 0 fully saturated rings. The Morgan fingerprint density at radius 1 is 1.47 bits per heavy atom. The number of benzene rings is 1. The van der Waals surface area contributed by atoms with Crippen LogP contribution in [-0.2, 0) is 11.2 Å². The number of hydrogen-bond acceptors (Lipinski definition) is 3. The molecule has 0 spiro atoms. The van der Waals surface area contributed by atoms with E-state index in [1.807, 2.05) is 6.07 Å². The monoisotopic (exact) mass is 236 g/mol. The van der Waals surface area contributed by atoms with Crippen LogP contribution >= 0.6 is 0 Å². The Labute approximate surface area is 102 Å². The summed E-state index contributed by atoms with van der Waals surface area (Å²) in [5, 5.41) is 14.7. The molecular weight excluding hydrogens is 216 g/mol. The van der Waals surface area contributed by atoms with Crippen molar-refractivity contribution in [3.63, 3.8) is 0 Å². The van der Waals surface area contributed by atoms with Gasteiger partial charge in [-0.25, -0.2) is 0 Å². The van der Waals surface area contributed by atoms with Crippen LogP contribution in [0.4, 0.5) is 0 Å². The highest BCUT2D eigenvalue weighted by atomic mass is 16.4. The van der Waals surface area contributed by atoms with Crippen LogP contribution in [0.1, 0.15) is 11.1 Å². The minimum atomic E-state index is -0.824. The van der Waals surface area contributed by atoms with Crippen molar-refractivity contribution in [3.05, 3.63) is 35.4 Å². The summed E-state index contributed by atoms with van der Waals surface area (Å²) in [6.45, 7) is 3.30. The fourth-order valence-corrected chi connectivity index (χ4v) is 1.66. The van der Waals surface area contributed by atoms with Gasteiger partial charge < -0.3 is 15.7 Å². The minimum Gasteiger partial charge on any atom is -0.480 e. The molecule has 94 valence electrons. The maximum absolute atomic E-state index is 10.7. The number of aliphatic carboxylic acids is 1. The van der Waals surface area contributed by atoms with E-state index >= 15 is 0 Å². The third-order valence-corrected chi connectivity index (χ3v) is 2.67. The molecule has 1 atom stereocenters. The molecule has 17 heavy (non-hydrogen) atoms. The van der Waals surface area contributed by atoms with Crippen molar-refractivity contribution < 1.29 is 9.90 Å². The van der Waals surface area contributed by atoms with Gasteiger partial charge in [0, 0.05) is 6.54 Å². The van der Waals surface area contributed by atoms with E-state index in [4.69, 9.17) is 5.11 Å². The molecule has 0 radical (unpaired) electrons. The molecule has 4 nitrogen and oxygen atoms in total. The molecule has 0 aliphatic carbocycles. The second-order valence-corrected chi connectivity index (χ2v) is 4.12. The smallest absolute Gasteiger partial charge is 0.322 e. The second kappa shape index (κ2) is 7.04. The summed E-state index contributed by atoms with van der Waals surface area (Å²) >= 11 is 0. The summed E-state index contributed by atoms with van der Waals surface area (Å²) in [6, 6.07) is 7.82. The van der Waals surface area contributed by atoms with Crippen LogP contribution < -0.4 is 10.6 Å². The van der Waals surface area contributed by atoms with Crippen molar-refractivity contribution in [1.82, 2.24) is 10.6 Å². The standard InChI is InChI=1S/C13H20N2O2/c1-10-4-3-5-11(8-10)6-7-15-9-12(14-2)13(16)17/h3-5,8,12,14-15H,6-7,9H2,1-2H3,(H,16,17). The third kappa shape index (κ3) is 4.97. The number of nitrogens with one attached hydrogen (secondary N) is 2. The zero-order chi connectivity index (χ0) is 12.7. The Morgan fingerprint density at radius 2 is 2.24 bits per heavy atom. The van der Waals surface area contributed by atoms with Crippen LogP contribution in [0, 0.1) is 6.92 Å². The lowest BCUT2D eigenvalue weighted by molar-refractivity contribution is -0.139. The van der Waals surface area contributed by atoms with Gasteiger partial charge in [-0.05, 0) is 32.5 Å². The quantitative estimate of drug-likeness (QED) is 0.613. The Bertz CT molecular complexity index is 366. The maximum Gasteiger partial charge on any atom is 0.322 e. The summed E-state index contributed by atoms with van der Waals surface area (Å²) in [7, 11) is 1.65. The highest BCUT2D eigenvalue weighted by Crippen LogP contribution is 2.03. The highest BCUT2D eigenvalue weighted by Gasteiger charge is 2.13. The summed E-state index contributed by atoms with van der Waals surface area (Å²) < 4.78 is 0. The minimum absolute atomic E-state index is 0.442. The molecular formula is C13H20N2O2. The van der Waals surface area contributed by atoms with Gasteiger partial charge >= 0.3 is 5.97 Å². The third-order valence-electron chi connectivity index (χ3n) is 2.67. The zero-order valence-corrected chi connectivity index (χ0v) is 10.4. The number of aryl methyl sites for hydroxylation is 1. The van der Waals surface area contributed by atoms with Crippen molar-refractivity contribution >= 4 is 5.97 Å². The van der Waals surface area contributed by atoms with Crippen molar-refractivity contribution in [1.29, 1.82) is 0 Å². The van der Waals surface area contributed by atoms with Crippen molar-refractivity contribution in [3.8, 4) is 0 Å². The summed E-state index contributed by atoms with van der Waals surface area (Å²) in [4.78, 5) is 10.7. The first kappa shape index (κ1) is 13.7. The van der Waals surface area contributed by atoms with Gasteiger partial charge in [0.25, 0.3) is 0 Å². The van der Waals surface area contributed by atoms with Crippen LogP contribution in [0.3, 0.4) is 0 Å². The van der Waals surface area contributed by atoms with Gasteiger partial charge in [0.15, 0.2) is 0 Å². The van der Waals surface area contributed by atoms with E-state index in [2.05, 4.69) is 35.8 Å². The largest absolute Gasteiger partial charge is 0.480 e. The zero-order valence-electron chi connectivity index (χ0n) is 10.4. The van der Waals surface area contributed by atoms with Crippen molar-refractivity contribution in [2.75, 3.05) is 20.1 Å². The molecule has 1 aromatic rings. The van der Waals surface area contributed by atoms with E-state index in [1.165, 1.54) is 11.1 Å². The predicted molar refractivity (Wildman–Crippen MR) is 68.2 cm³/mol. The number of carboxylic acids is 1. The molecule has 3 N–H and O–H groups in total. The Balaban J connectivity index is 2.26. The Hall–Kier alpha value is -1.39. The fourth-order valence-electron chi connectivity index (χ4n) is 1.66. The molecule has 0 heterocycles. The van der Waals surface area contributed by atoms with Gasteiger partial charge in [-0.1, -0.05) is 29.8 Å². The average molecular weight is 236 g/mol. The van der Waals surface area contributed by atoms with Crippen LogP contribution in [0.25, 0.3) is 0 Å². The number of carbonyl (C=O) groups is 1. The Kier molecular flexibility index (Phi) is 5.66. The lowest BCUT2D eigenvalue weighted by atomic mass is 10.1. The molecule has 0 amide bonds. The number of rotatable bonds is 7. The molecule has 0 aromatic heterocycles. The van der Waals surface area contributed by atoms with E-state index in [-0.39, 0.29) is 0 Å². The van der Waals surface area contributed by atoms with Crippen LogP contribution in [0.5, 0.6) is 0 Å². The van der Waals surface area contributed by atoms with Gasteiger partial charge in [-0.15, -0.1) is 0 Å². The lowest BCUT2D eigenvalue weighted by Gasteiger charge is -2.12. The first-order valence-corrected chi connectivity index (χ1v) is 5.80. The topological polar surface area (TPSA) is 61.4 Å². The fraction of sp³-hybridized carbons (Fsp3) is 0.462. The molecule has 0 aliphatic rings. The van der Waals surface area contributed by atoms with Gasteiger partial charge in [0.05, 0.1) is 0 Å². The first-order chi connectivity index (χ1) is 8.13. The number of likely N-dealkylation sites (N-methyl/N-ethyl adjacent to an activating group) is 1. The lowest BCUT2D eigenvalue weighted by Crippen LogP contribution is -2.43. The molecule has 1 aromatic carbocycles. The highest BCUT2D eigenvalue weighted by molar-refractivity contribution is 5.73. The number of hydrogen-bond donors (Lipinski definition) is 3. The summed E-state index contributed by atoms with van der Waals surface area (Å²) in [5.74, 6) is -0.824. The molecule has 0 aliphatic heterocycles. The normalized spacial score (nSPS) is 12.4. The molecule has 0 saturated heterocycles. The Morgan fingerprint density at radius 3 is 2.82 bits per heavy atom. The van der Waals surface area contributed by atoms with Gasteiger partial charge in [0.2, 0.25) is 0 Å². The van der Waals surface area contributed by atoms with Crippen LogP contribution in [-0.4, -0.2) is 37.3 Å². The SMILES string of the molecule is CNC(CNCCc1cccc(C)c1)C(=O)O. The summed E-state index contributed by atoms with van der Waals surface area (Å²) in [5.41, 5.74) is 2.52. The number of carboxylic acid groups (broad SMARTS) is 1. The average Bonchev–Trinajstić information content (AvgIpc) is 2.28. The molecule has 1 unspecified atom stereocenters. The molecule has 1 rings (SSSR count). The van der Waals surface area contributed by atoms with Crippen molar-refractivity contribution in [2.45, 2.75) is 19.4 Å². The van der Waals surface area contributed by atoms with E-state index in [0.717, 1.165) is 13.0 Å². The van der Waals surface area contributed by atoms with E-state index in [9.17, 15) is 4.79 Å². The molecule has 0 saturated carbocycles.